The number of guanidine groups is 1. The van der Waals surface area contributed by atoms with Gasteiger partial charge in [-0.05, 0) is 32.9 Å². The van der Waals surface area contributed by atoms with Gasteiger partial charge in [0.2, 0.25) is 0 Å². The Balaban J connectivity index is 1.62. The van der Waals surface area contributed by atoms with E-state index in [9.17, 15) is 0 Å². The molecule has 1 aliphatic heterocycles. The predicted octanol–water partition coefficient (Wildman–Crippen LogP) is 2.44. The molecule has 3 rings (SSSR count). The molecule has 1 fully saturated rings. The second-order valence-electron chi connectivity index (χ2n) is 6.08. The van der Waals surface area contributed by atoms with Crippen molar-refractivity contribution >= 4 is 23.1 Å². The first-order valence-electron chi connectivity index (χ1n) is 8.79. The number of aromatic nitrogens is 2. The summed E-state index contributed by atoms with van der Waals surface area (Å²) < 4.78 is 0. The predicted molar refractivity (Wildman–Crippen MR) is 104 cm³/mol. The van der Waals surface area contributed by atoms with Crippen molar-refractivity contribution in [2.24, 2.45) is 4.99 Å². The third-order valence-corrected chi connectivity index (χ3v) is 5.38. The number of piperazine rings is 1. The number of anilines is 1. The maximum Gasteiger partial charge on any atom is 0.194 e. The van der Waals surface area contributed by atoms with Gasteiger partial charge < -0.3 is 15.1 Å². The lowest BCUT2D eigenvalue weighted by Crippen LogP contribution is -2.52. The Labute approximate surface area is 153 Å². The summed E-state index contributed by atoms with van der Waals surface area (Å²) in [6.07, 6.45) is 1.85. The van der Waals surface area contributed by atoms with Crippen molar-refractivity contribution in [1.29, 1.82) is 0 Å². The van der Waals surface area contributed by atoms with Crippen molar-refractivity contribution in [2.75, 3.05) is 37.6 Å². The molecule has 0 saturated carbocycles. The highest BCUT2D eigenvalue weighted by Gasteiger charge is 2.20. The van der Waals surface area contributed by atoms with Crippen LogP contribution < -0.4 is 10.2 Å². The molecule has 0 bridgehead atoms. The van der Waals surface area contributed by atoms with Crippen LogP contribution in [0.2, 0.25) is 0 Å². The quantitative estimate of drug-likeness (QED) is 0.672. The molecule has 0 radical (unpaired) electrons. The number of hydrogen-bond acceptors (Lipinski definition) is 5. The number of thiazole rings is 1. The third-order valence-electron chi connectivity index (χ3n) is 4.32. The highest BCUT2D eigenvalue weighted by Crippen LogP contribution is 2.17. The molecule has 0 atom stereocenters. The lowest BCUT2D eigenvalue weighted by molar-refractivity contribution is 0.371. The molecule has 0 aromatic carbocycles. The van der Waals surface area contributed by atoms with E-state index in [0.717, 1.165) is 55.2 Å². The monoisotopic (exact) mass is 358 g/mol. The summed E-state index contributed by atoms with van der Waals surface area (Å²) in [6, 6.07) is 6.07. The van der Waals surface area contributed by atoms with Crippen LogP contribution in [0.5, 0.6) is 0 Å². The molecule has 25 heavy (non-hydrogen) atoms. The van der Waals surface area contributed by atoms with E-state index in [4.69, 9.17) is 4.99 Å². The topological polar surface area (TPSA) is 56.7 Å². The molecule has 1 aliphatic rings. The van der Waals surface area contributed by atoms with E-state index in [1.807, 2.05) is 18.3 Å². The summed E-state index contributed by atoms with van der Waals surface area (Å²) >= 11 is 1.74. The number of nitrogens with zero attached hydrogens (tertiary/aromatic N) is 5. The van der Waals surface area contributed by atoms with Crippen molar-refractivity contribution < 1.29 is 0 Å². The van der Waals surface area contributed by atoms with Crippen molar-refractivity contribution in [1.82, 2.24) is 20.2 Å². The van der Waals surface area contributed by atoms with Crippen molar-refractivity contribution in [3.05, 3.63) is 40.0 Å². The molecule has 2 aromatic rings. The van der Waals surface area contributed by atoms with Gasteiger partial charge in [0.15, 0.2) is 5.96 Å². The van der Waals surface area contributed by atoms with Crippen LogP contribution in [0.4, 0.5) is 5.82 Å². The van der Waals surface area contributed by atoms with Crippen LogP contribution in [0, 0.1) is 13.8 Å². The largest absolute Gasteiger partial charge is 0.357 e. The first-order chi connectivity index (χ1) is 12.2. The fraction of sp³-hybridized carbons (Fsp3) is 0.500. The zero-order valence-corrected chi connectivity index (χ0v) is 16.0. The van der Waals surface area contributed by atoms with E-state index in [2.05, 4.69) is 51.9 Å². The summed E-state index contributed by atoms with van der Waals surface area (Å²) in [7, 11) is 0. The summed E-state index contributed by atoms with van der Waals surface area (Å²) in [5.74, 6) is 2.03. The number of pyridine rings is 1. The fourth-order valence-corrected chi connectivity index (χ4v) is 3.72. The Morgan fingerprint density at radius 1 is 1.24 bits per heavy atom. The first-order valence-corrected chi connectivity index (χ1v) is 9.61. The summed E-state index contributed by atoms with van der Waals surface area (Å²) in [4.78, 5) is 19.8. The standard InChI is InChI=1S/C18H26N6S/c1-4-19-18(21-13-17-22-14(2)15(3)25-17)24-11-9-23(10-12-24)16-7-5-6-8-20-16/h5-8H,4,9-13H2,1-3H3,(H,19,21). The molecule has 2 aromatic heterocycles. The molecule has 7 heteroatoms. The molecule has 134 valence electrons. The van der Waals surface area contributed by atoms with Crippen molar-refractivity contribution in [3.8, 4) is 0 Å². The zero-order chi connectivity index (χ0) is 17.6. The maximum absolute atomic E-state index is 4.80. The first kappa shape index (κ1) is 17.7. The zero-order valence-electron chi connectivity index (χ0n) is 15.2. The molecular weight excluding hydrogens is 332 g/mol. The van der Waals surface area contributed by atoms with Gasteiger partial charge in [0.05, 0.1) is 12.2 Å². The van der Waals surface area contributed by atoms with Gasteiger partial charge in [0.25, 0.3) is 0 Å². The number of nitrogens with one attached hydrogen (secondary N) is 1. The minimum Gasteiger partial charge on any atom is -0.357 e. The fourth-order valence-electron chi connectivity index (χ4n) is 2.86. The molecule has 0 spiro atoms. The van der Waals surface area contributed by atoms with Gasteiger partial charge in [0.1, 0.15) is 10.8 Å². The molecular formula is C18H26N6S. The third kappa shape index (κ3) is 4.48. The van der Waals surface area contributed by atoms with Crippen LogP contribution in [0.3, 0.4) is 0 Å². The second kappa shape index (κ2) is 8.29. The molecule has 0 unspecified atom stereocenters. The summed E-state index contributed by atoms with van der Waals surface area (Å²) in [5.41, 5.74) is 1.11. The second-order valence-corrected chi connectivity index (χ2v) is 7.37. The van der Waals surface area contributed by atoms with Gasteiger partial charge in [-0.3, -0.25) is 0 Å². The number of hydrogen-bond donors (Lipinski definition) is 1. The average Bonchev–Trinajstić information content (AvgIpc) is 2.97. The smallest absolute Gasteiger partial charge is 0.194 e. The molecule has 0 amide bonds. The highest BCUT2D eigenvalue weighted by molar-refractivity contribution is 7.11. The summed E-state index contributed by atoms with van der Waals surface area (Å²) in [5, 5.41) is 4.50. The lowest BCUT2D eigenvalue weighted by atomic mass is 10.3. The minimum atomic E-state index is 0.641. The SMILES string of the molecule is CCNC(=NCc1nc(C)c(C)s1)N1CCN(c2ccccn2)CC1. The molecule has 3 heterocycles. The van der Waals surface area contributed by atoms with E-state index < -0.39 is 0 Å². The Morgan fingerprint density at radius 3 is 2.64 bits per heavy atom. The average molecular weight is 359 g/mol. The number of aryl methyl sites for hydroxylation is 2. The van der Waals surface area contributed by atoms with Gasteiger partial charge in [-0.15, -0.1) is 11.3 Å². The Kier molecular flexibility index (Phi) is 5.86. The van der Waals surface area contributed by atoms with Gasteiger partial charge >= 0.3 is 0 Å². The van der Waals surface area contributed by atoms with Crippen LogP contribution >= 0.6 is 11.3 Å². The summed E-state index contributed by atoms with van der Waals surface area (Å²) in [6.45, 7) is 11.6. The van der Waals surface area contributed by atoms with Gasteiger partial charge in [-0.2, -0.15) is 0 Å². The number of aliphatic imine (C=N–C) groups is 1. The van der Waals surface area contributed by atoms with E-state index in [-0.39, 0.29) is 0 Å². The van der Waals surface area contributed by atoms with Crippen LogP contribution in [-0.4, -0.2) is 53.6 Å². The molecule has 1 saturated heterocycles. The minimum absolute atomic E-state index is 0.641. The number of rotatable bonds is 4. The van der Waals surface area contributed by atoms with Gasteiger partial charge in [0, 0.05) is 43.8 Å². The van der Waals surface area contributed by atoms with Crippen LogP contribution in [-0.2, 0) is 6.54 Å². The molecule has 6 nitrogen and oxygen atoms in total. The Morgan fingerprint density at radius 2 is 2.04 bits per heavy atom. The molecule has 0 aliphatic carbocycles. The van der Waals surface area contributed by atoms with Crippen molar-refractivity contribution in [2.45, 2.75) is 27.3 Å². The van der Waals surface area contributed by atoms with Gasteiger partial charge in [-0.25, -0.2) is 15.0 Å². The normalized spacial score (nSPS) is 15.6. The molecule has 1 N–H and O–H groups in total. The van der Waals surface area contributed by atoms with Crippen molar-refractivity contribution in [3.63, 3.8) is 0 Å². The van der Waals surface area contributed by atoms with E-state index in [1.165, 1.54) is 4.88 Å². The Bertz CT molecular complexity index is 684. The highest BCUT2D eigenvalue weighted by atomic mass is 32.1. The van der Waals surface area contributed by atoms with E-state index in [1.54, 1.807) is 11.3 Å². The Hall–Kier alpha value is -2.15. The van der Waals surface area contributed by atoms with E-state index in [0.29, 0.717) is 6.54 Å². The van der Waals surface area contributed by atoms with Crippen LogP contribution in [0.1, 0.15) is 22.5 Å². The van der Waals surface area contributed by atoms with Crippen LogP contribution in [0.15, 0.2) is 29.4 Å². The van der Waals surface area contributed by atoms with E-state index >= 15 is 0 Å². The maximum atomic E-state index is 4.80. The van der Waals surface area contributed by atoms with Crippen LogP contribution in [0.25, 0.3) is 0 Å². The van der Waals surface area contributed by atoms with Gasteiger partial charge in [-0.1, -0.05) is 6.07 Å². The lowest BCUT2D eigenvalue weighted by Gasteiger charge is -2.37.